The van der Waals surface area contributed by atoms with Crippen molar-refractivity contribution in [2.45, 2.75) is 20.4 Å². The highest BCUT2D eigenvalue weighted by atomic mass is 32.1. The van der Waals surface area contributed by atoms with Gasteiger partial charge in [-0.2, -0.15) is 0 Å². The van der Waals surface area contributed by atoms with Gasteiger partial charge in [-0.05, 0) is 19.1 Å². The van der Waals surface area contributed by atoms with Crippen LogP contribution in [0.1, 0.15) is 39.7 Å². The Morgan fingerprint density at radius 1 is 1.38 bits per heavy atom. The van der Waals surface area contributed by atoms with Gasteiger partial charge in [-0.25, -0.2) is 9.78 Å². The Kier molecular flexibility index (Phi) is 4.99. The number of ketones is 1. The molecular formula is C14H15N3O3S. The van der Waals surface area contributed by atoms with Crippen molar-refractivity contribution in [3.63, 3.8) is 0 Å². The summed E-state index contributed by atoms with van der Waals surface area (Å²) < 4.78 is 4.91. The third-order valence-corrected chi connectivity index (χ3v) is 3.68. The van der Waals surface area contributed by atoms with Crippen molar-refractivity contribution in [1.82, 2.24) is 9.97 Å². The Labute approximate surface area is 126 Å². The summed E-state index contributed by atoms with van der Waals surface area (Å²) in [6, 6.07) is 5.59. The fraction of sp³-hybridized carbons (Fsp3) is 0.286. The van der Waals surface area contributed by atoms with E-state index in [9.17, 15) is 9.59 Å². The number of anilines is 1. The van der Waals surface area contributed by atoms with E-state index in [0.29, 0.717) is 16.6 Å². The lowest BCUT2D eigenvalue weighted by Gasteiger charge is -2.01. The molecule has 0 atom stereocenters. The van der Waals surface area contributed by atoms with Crippen LogP contribution >= 0.6 is 11.3 Å². The lowest BCUT2D eigenvalue weighted by molar-refractivity contribution is 0.0517. The smallest absolute Gasteiger partial charge is 0.358 e. The zero-order chi connectivity index (χ0) is 15.2. The number of nitrogens with one attached hydrogen (secondary N) is 1. The van der Waals surface area contributed by atoms with Crippen LogP contribution in [0.15, 0.2) is 24.4 Å². The van der Waals surface area contributed by atoms with Crippen LogP contribution in [0.3, 0.4) is 0 Å². The normalized spacial score (nSPS) is 10.2. The fourth-order valence-corrected chi connectivity index (χ4v) is 2.49. The molecule has 1 N–H and O–H groups in total. The first-order valence-electron chi connectivity index (χ1n) is 6.44. The summed E-state index contributed by atoms with van der Waals surface area (Å²) in [7, 11) is 0. The largest absolute Gasteiger partial charge is 0.461 e. The summed E-state index contributed by atoms with van der Waals surface area (Å²) in [5.41, 5.74) is 0.910. The monoisotopic (exact) mass is 305 g/mol. The zero-order valence-corrected chi connectivity index (χ0v) is 12.6. The van der Waals surface area contributed by atoms with Gasteiger partial charge in [0, 0.05) is 13.1 Å². The molecule has 0 aliphatic heterocycles. The number of carbonyl (C=O) groups is 2. The molecule has 2 aromatic heterocycles. The van der Waals surface area contributed by atoms with Gasteiger partial charge in [-0.1, -0.05) is 17.4 Å². The third-order valence-electron chi connectivity index (χ3n) is 2.56. The van der Waals surface area contributed by atoms with Crippen molar-refractivity contribution in [2.75, 3.05) is 11.9 Å². The lowest BCUT2D eigenvalue weighted by Crippen LogP contribution is -2.09. The van der Waals surface area contributed by atoms with E-state index in [2.05, 4.69) is 15.3 Å². The summed E-state index contributed by atoms with van der Waals surface area (Å²) in [5.74, 6) is -0.786. The summed E-state index contributed by atoms with van der Waals surface area (Å²) in [6.45, 7) is 3.81. The Morgan fingerprint density at radius 2 is 2.19 bits per heavy atom. The first-order valence-corrected chi connectivity index (χ1v) is 7.26. The van der Waals surface area contributed by atoms with Crippen LogP contribution in [0.25, 0.3) is 0 Å². The number of esters is 1. The van der Waals surface area contributed by atoms with Crippen LogP contribution in [0.4, 0.5) is 5.13 Å². The van der Waals surface area contributed by atoms with Gasteiger partial charge in [0.05, 0.1) is 18.8 Å². The zero-order valence-electron chi connectivity index (χ0n) is 11.8. The van der Waals surface area contributed by atoms with Crippen molar-refractivity contribution < 1.29 is 14.3 Å². The van der Waals surface area contributed by atoms with Crippen LogP contribution in [-0.2, 0) is 11.3 Å². The molecule has 0 saturated heterocycles. The van der Waals surface area contributed by atoms with E-state index in [1.165, 1.54) is 6.92 Å². The number of thiazole rings is 1. The summed E-state index contributed by atoms with van der Waals surface area (Å²) >= 11 is 1.14. The van der Waals surface area contributed by atoms with E-state index in [1.54, 1.807) is 13.1 Å². The SMILES string of the molecule is CCOC(=O)c1nc(NCc2ccccn2)sc1C(C)=O. The number of hydrogen-bond donors (Lipinski definition) is 1. The predicted octanol–water partition coefficient (Wildman–Crippen LogP) is 2.53. The van der Waals surface area contributed by atoms with E-state index in [1.807, 2.05) is 18.2 Å². The number of carbonyl (C=O) groups excluding carboxylic acids is 2. The number of nitrogens with zero attached hydrogens (tertiary/aromatic N) is 2. The molecule has 0 saturated carbocycles. The van der Waals surface area contributed by atoms with Crippen molar-refractivity contribution >= 4 is 28.2 Å². The lowest BCUT2D eigenvalue weighted by atomic mass is 10.3. The second-order valence-corrected chi connectivity index (χ2v) is 5.15. The van der Waals surface area contributed by atoms with Gasteiger partial charge in [-0.3, -0.25) is 9.78 Å². The Balaban J connectivity index is 2.15. The summed E-state index contributed by atoms with van der Waals surface area (Å²) in [4.78, 5) is 32.0. The van der Waals surface area contributed by atoms with E-state index < -0.39 is 5.97 Å². The fourth-order valence-electron chi connectivity index (χ4n) is 1.64. The number of Topliss-reactive ketones (excluding diaryl/α,β-unsaturated/α-hetero) is 1. The van der Waals surface area contributed by atoms with Gasteiger partial charge in [0.25, 0.3) is 0 Å². The quantitative estimate of drug-likeness (QED) is 0.652. The molecular weight excluding hydrogens is 290 g/mol. The molecule has 0 spiro atoms. The molecule has 0 amide bonds. The molecule has 0 aliphatic rings. The summed E-state index contributed by atoms with van der Waals surface area (Å²) in [5, 5.41) is 3.55. The maximum atomic E-state index is 11.8. The standard InChI is InChI=1S/C14H15N3O3S/c1-3-20-13(19)11-12(9(2)18)21-14(17-11)16-8-10-6-4-5-7-15-10/h4-7H,3,8H2,1-2H3,(H,16,17). The van der Waals surface area contributed by atoms with E-state index >= 15 is 0 Å². The highest BCUT2D eigenvalue weighted by Gasteiger charge is 2.22. The Hall–Kier alpha value is -2.28. The molecule has 110 valence electrons. The maximum Gasteiger partial charge on any atom is 0.358 e. The van der Waals surface area contributed by atoms with Crippen molar-refractivity contribution in [3.8, 4) is 0 Å². The highest BCUT2D eigenvalue weighted by molar-refractivity contribution is 7.17. The summed E-state index contributed by atoms with van der Waals surface area (Å²) in [6.07, 6.45) is 1.70. The second kappa shape index (κ2) is 6.94. The van der Waals surface area contributed by atoms with Gasteiger partial charge in [0.2, 0.25) is 0 Å². The number of aromatic nitrogens is 2. The van der Waals surface area contributed by atoms with Gasteiger partial charge in [0.15, 0.2) is 16.6 Å². The molecule has 0 aliphatic carbocycles. The molecule has 2 rings (SSSR count). The van der Waals surface area contributed by atoms with Crippen LogP contribution in [-0.4, -0.2) is 28.3 Å². The third kappa shape index (κ3) is 3.85. The van der Waals surface area contributed by atoms with Crippen LogP contribution < -0.4 is 5.32 Å². The van der Waals surface area contributed by atoms with E-state index in [4.69, 9.17) is 4.74 Å². The minimum absolute atomic E-state index is 0.0675. The molecule has 0 fully saturated rings. The first-order chi connectivity index (χ1) is 10.1. The van der Waals surface area contributed by atoms with Crippen molar-refractivity contribution in [3.05, 3.63) is 40.7 Å². The predicted molar refractivity (Wildman–Crippen MR) is 79.6 cm³/mol. The maximum absolute atomic E-state index is 11.8. The molecule has 6 nitrogen and oxygen atoms in total. The van der Waals surface area contributed by atoms with Crippen LogP contribution in [0.2, 0.25) is 0 Å². The molecule has 2 heterocycles. The molecule has 0 radical (unpaired) electrons. The average molecular weight is 305 g/mol. The molecule has 7 heteroatoms. The Morgan fingerprint density at radius 3 is 2.81 bits per heavy atom. The molecule has 0 bridgehead atoms. The first kappa shape index (κ1) is 15.1. The number of hydrogen-bond acceptors (Lipinski definition) is 7. The second-order valence-electron chi connectivity index (χ2n) is 4.15. The Bertz CT molecular complexity index is 640. The molecule has 0 unspecified atom stereocenters. The van der Waals surface area contributed by atoms with E-state index in [0.717, 1.165) is 17.0 Å². The molecule has 0 aromatic carbocycles. The highest BCUT2D eigenvalue weighted by Crippen LogP contribution is 2.24. The van der Waals surface area contributed by atoms with E-state index in [-0.39, 0.29) is 18.1 Å². The van der Waals surface area contributed by atoms with Gasteiger partial charge >= 0.3 is 5.97 Å². The minimum atomic E-state index is -0.579. The minimum Gasteiger partial charge on any atom is -0.461 e. The van der Waals surface area contributed by atoms with Gasteiger partial charge in [0.1, 0.15) is 4.88 Å². The average Bonchev–Trinajstić information content (AvgIpc) is 2.91. The van der Waals surface area contributed by atoms with Gasteiger partial charge < -0.3 is 10.1 Å². The van der Waals surface area contributed by atoms with Crippen LogP contribution in [0.5, 0.6) is 0 Å². The molecule has 2 aromatic rings. The number of ether oxygens (including phenoxy) is 1. The molecule has 21 heavy (non-hydrogen) atoms. The van der Waals surface area contributed by atoms with Crippen molar-refractivity contribution in [1.29, 1.82) is 0 Å². The topological polar surface area (TPSA) is 81.2 Å². The van der Waals surface area contributed by atoms with Crippen LogP contribution in [0, 0.1) is 0 Å². The number of rotatable bonds is 6. The van der Waals surface area contributed by atoms with Crippen molar-refractivity contribution in [2.24, 2.45) is 0 Å². The van der Waals surface area contributed by atoms with Gasteiger partial charge in [-0.15, -0.1) is 0 Å². The number of pyridine rings is 1.